The molecule has 0 atom stereocenters. The highest BCUT2D eigenvalue weighted by Crippen LogP contribution is 2.22. The van der Waals surface area contributed by atoms with Crippen LogP contribution in [0.15, 0.2) is 93.7 Å². The number of nitrogens with zero attached hydrogens (tertiary/aromatic N) is 2. The van der Waals surface area contributed by atoms with Gasteiger partial charge in [-0.15, -0.1) is 0 Å². The summed E-state index contributed by atoms with van der Waals surface area (Å²) in [6, 6.07) is 21.7. The first-order chi connectivity index (χ1) is 15.3. The molecule has 0 aliphatic heterocycles. The van der Waals surface area contributed by atoms with E-state index in [4.69, 9.17) is 5.14 Å². The number of benzene rings is 3. The molecule has 0 bridgehead atoms. The third kappa shape index (κ3) is 4.72. The van der Waals surface area contributed by atoms with Crippen LogP contribution in [-0.2, 0) is 14.8 Å². The van der Waals surface area contributed by atoms with Gasteiger partial charge in [-0.2, -0.15) is 0 Å². The molecule has 0 fully saturated rings. The van der Waals surface area contributed by atoms with E-state index in [0.717, 1.165) is 11.8 Å². The van der Waals surface area contributed by atoms with Crippen molar-refractivity contribution < 1.29 is 13.2 Å². The predicted octanol–water partition coefficient (Wildman–Crippen LogP) is 2.76. The zero-order valence-corrected chi connectivity index (χ0v) is 18.3. The van der Waals surface area contributed by atoms with E-state index >= 15 is 0 Å². The monoisotopic (exact) mass is 466 g/mol. The Kier molecular flexibility index (Phi) is 6.08. The average molecular weight is 467 g/mol. The number of hydrogen-bond acceptors (Lipinski definition) is 6. The largest absolute Gasteiger partial charge is 0.325 e. The van der Waals surface area contributed by atoms with Gasteiger partial charge in [0.1, 0.15) is 0 Å². The number of carbonyl (C=O) groups is 1. The molecule has 10 heteroatoms. The molecule has 3 N–H and O–H groups in total. The number of aromatic nitrogens is 2. The van der Waals surface area contributed by atoms with Gasteiger partial charge in [0.15, 0.2) is 5.16 Å². The van der Waals surface area contributed by atoms with Crippen LogP contribution in [0.5, 0.6) is 0 Å². The summed E-state index contributed by atoms with van der Waals surface area (Å²) in [5, 5.41) is 8.65. The number of rotatable bonds is 6. The quantitative estimate of drug-likeness (QED) is 0.333. The average Bonchev–Trinajstić information content (AvgIpc) is 2.78. The minimum atomic E-state index is -3.80. The van der Waals surface area contributed by atoms with Crippen molar-refractivity contribution in [3.05, 3.63) is 89.2 Å². The van der Waals surface area contributed by atoms with Crippen molar-refractivity contribution in [3.8, 4) is 5.69 Å². The van der Waals surface area contributed by atoms with E-state index in [1.165, 1.54) is 28.8 Å². The number of primary sulfonamides is 1. The summed E-state index contributed by atoms with van der Waals surface area (Å²) >= 11 is 1.13. The Labute approximate surface area is 188 Å². The summed E-state index contributed by atoms with van der Waals surface area (Å²) in [4.78, 5) is 30.2. The molecule has 0 aliphatic rings. The molecule has 0 radical (unpaired) electrons. The Morgan fingerprint density at radius 3 is 2.31 bits per heavy atom. The highest BCUT2D eigenvalue weighted by molar-refractivity contribution is 7.99. The summed E-state index contributed by atoms with van der Waals surface area (Å²) in [7, 11) is -3.80. The van der Waals surface area contributed by atoms with E-state index in [9.17, 15) is 18.0 Å². The summed E-state index contributed by atoms with van der Waals surface area (Å²) in [5.74, 6) is -0.338. The molecule has 0 unspecified atom stereocenters. The van der Waals surface area contributed by atoms with Gasteiger partial charge in [-0.25, -0.2) is 18.5 Å². The third-order valence-electron chi connectivity index (χ3n) is 4.56. The Balaban J connectivity index is 1.59. The van der Waals surface area contributed by atoms with Crippen LogP contribution in [0.1, 0.15) is 0 Å². The highest BCUT2D eigenvalue weighted by atomic mass is 32.2. The molecule has 4 aromatic rings. The third-order valence-corrected chi connectivity index (χ3v) is 6.43. The fraction of sp³-hybridized carbons (Fsp3) is 0.0455. The first-order valence-electron chi connectivity index (χ1n) is 9.46. The molecule has 0 spiro atoms. The van der Waals surface area contributed by atoms with Crippen LogP contribution in [0.3, 0.4) is 0 Å². The van der Waals surface area contributed by atoms with Crippen LogP contribution in [0.2, 0.25) is 0 Å². The maximum Gasteiger partial charge on any atom is 0.266 e. The van der Waals surface area contributed by atoms with Crippen molar-refractivity contribution in [2.75, 3.05) is 11.1 Å². The van der Waals surface area contributed by atoms with Gasteiger partial charge < -0.3 is 5.32 Å². The van der Waals surface area contributed by atoms with E-state index in [0.29, 0.717) is 27.4 Å². The maximum atomic E-state index is 13.1. The number of anilines is 1. The van der Waals surface area contributed by atoms with Crippen molar-refractivity contribution in [1.82, 2.24) is 9.55 Å². The summed E-state index contributed by atoms with van der Waals surface area (Å²) in [6.07, 6.45) is 0. The number of fused-ring (bicyclic) bond motifs is 1. The van der Waals surface area contributed by atoms with Crippen molar-refractivity contribution in [1.29, 1.82) is 0 Å². The van der Waals surface area contributed by atoms with Gasteiger partial charge in [-0.05, 0) is 48.5 Å². The molecule has 32 heavy (non-hydrogen) atoms. The van der Waals surface area contributed by atoms with Crippen LogP contribution >= 0.6 is 11.8 Å². The molecule has 0 saturated carbocycles. The number of amides is 1. The van der Waals surface area contributed by atoms with Gasteiger partial charge >= 0.3 is 0 Å². The molecular formula is C22H18N4O4S2. The van der Waals surface area contributed by atoms with Crippen LogP contribution in [0.4, 0.5) is 5.69 Å². The molecule has 0 saturated heterocycles. The molecule has 1 amide bonds. The van der Waals surface area contributed by atoms with Crippen molar-refractivity contribution in [3.63, 3.8) is 0 Å². The topological polar surface area (TPSA) is 124 Å². The molecule has 8 nitrogen and oxygen atoms in total. The van der Waals surface area contributed by atoms with Crippen molar-refractivity contribution >= 4 is 44.3 Å². The SMILES string of the molecule is NS(=O)(=O)c1ccc(NC(=O)CSc2nc3ccccc3c(=O)n2-c2ccccc2)cc1. The van der Waals surface area contributed by atoms with E-state index < -0.39 is 10.0 Å². The highest BCUT2D eigenvalue weighted by Gasteiger charge is 2.15. The number of carbonyl (C=O) groups excluding carboxylic acids is 1. The number of sulfonamides is 1. The molecule has 162 valence electrons. The fourth-order valence-corrected chi connectivity index (χ4v) is 4.40. The number of nitrogens with two attached hydrogens (primary N) is 1. The van der Waals surface area contributed by atoms with Gasteiger partial charge in [0.05, 0.1) is 27.2 Å². The van der Waals surface area contributed by atoms with Crippen LogP contribution < -0.4 is 16.0 Å². The smallest absolute Gasteiger partial charge is 0.266 e. The summed E-state index contributed by atoms with van der Waals surface area (Å²) < 4.78 is 24.2. The van der Waals surface area contributed by atoms with Gasteiger partial charge in [-0.1, -0.05) is 42.1 Å². The lowest BCUT2D eigenvalue weighted by atomic mass is 10.2. The zero-order chi connectivity index (χ0) is 22.7. The fourth-order valence-electron chi connectivity index (χ4n) is 3.07. The number of para-hydroxylation sites is 2. The second kappa shape index (κ2) is 8.95. The lowest BCUT2D eigenvalue weighted by Gasteiger charge is -2.13. The van der Waals surface area contributed by atoms with Gasteiger partial charge in [-0.3, -0.25) is 14.2 Å². The van der Waals surface area contributed by atoms with E-state index in [-0.39, 0.29) is 22.1 Å². The lowest BCUT2D eigenvalue weighted by Crippen LogP contribution is -2.23. The molecule has 3 aromatic carbocycles. The second-order valence-electron chi connectivity index (χ2n) is 6.79. The normalized spacial score (nSPS) is 11.4. The minimum absolute atomic E-state index is 0.00540. The summed E-state index contributed by atoms with van der Waals surface area (Å²) in [6.45, 7) is 0. The van der Waals surface area contributed by atoms with Crippen LogP contribution in [0, 0.1) is 0 Å². The first-order valence-corrected chi connectivity index (χ1v) is 12.0. The molecule has 1 aromatic heterocycles. The number of nitrogens with one attached hydrogen (secondary N) is 1. The first kappa shape index (κ1) is 21.8. The van der Waals surface area contributed by atoms with E-state index in [1.807, 2.05) is 18.2 Å². The van der Waals surface area contributed by atoms with E-state index in [2.05, 4.69) is 10.3 Å². The molecule has 4 rings (SSSR count). The molecule has 0 aliphatic carbocycles. The number of thioether (sulfide) groups is 1. The van der Waals surface area contributed by atoms with E-state index in [1.54, 1.807) is 36.4 Å². The van der Waals surface area contributed by atoms with Crippen molar-refractivity contribution in [2.45, 2.75) is 10.1 Å². The Bertz CT molecular complexity index is 1450. The standard InChI is InChI=1S/C22H18N4O4S2/c23-32(29,30)17-12-10-15(11-13-17)24-20(27)14-31-22-25-19-9-5-4-8-18(19)21(28)26(22)16-6-2-1-3-7-16/h1-13H,14H2,(H,24,27)(H2,23,29,30). The molecular weight excluding hydrogens is 448 g/mol. The van der Waals surface area contributed by atoms with Crippen LogP contribution in [0.25, 0.3) is 16.6 Å². The predicted molar refractivity (Wildman–Crippen MR) is 125 cm³/mol. The molecule has 1 heterocycles. The minimum Gasteiger partial charge on any atom is -0.325 e. The van der Waals surface area contributed by atoms with Crippen molar-refractivity contribution in [2.24, 2.45) is 5.14 Å². The second-order valence-corrected chi connectivity index (χ2v) is 9.30. The Morgan fingerprint density at radius 1 is 0.969 bits per heavy atom. The zero-order valence-electron chi connectivity index (χ0n) is 16.6. The summed E-state index contributed by atoms with van der Waals surface area (Å²) in [5.41, 5.74) is 1.40. The van der Waals surface area contributed by atoms with Gasteiger partial charge in [0.2, 0.25) is 15.9 Å². The van der Waals surface area contributed by atoms with Gasteiger partial charge in [0, 0.05) is 5.69 Å². The Morgan fingerprint density at radius 2 is 1.62 bits per heavy atom. The number of hydrogen-bond donors (Lipinski definition) is 2. The Hall–Kier alpha value is -3.47. The van der Waals surface area contributed by atoms with Gasteiger partial charge in [0.25, 0.3) is 5.56 Å². The maximum absolute atomic E-state index is 13.1. The lowest BCUT2D eigenvalue weighted by molar-refractivity contribution is -0.113. The van der Waals surface area contributed by atoms with Crippen LogP contribution in [-0.4, -0.2) is 29.6 Å².